The lowest BCUT2D eigenvalue weighted by Gasteiger charge is -2.40. The molecule has 0 bridgehead atoms. The molecule has 1 amide bonds. The zero-order valence-electron chi connectivity index (χ0n) is 20.2. The number of para-hydroxylation sites is 2. The molecule has 1 aromatic carbocycles. The van der Waals surface area contributed by atoms with Crippen LogP contribution in [0.15, 0.2) is 36.7 Å². The summed E-state index contributed by atoms with van der Waals surface area (Å²) in [7, 11) is 1.49. The van der Waals surface area contributed by atoms with Crippen molar-refractivity contribution >= 4 is 34.8 Å². The number of hydrogen-bond acceptors (Lipinski definition) is 7. The molecule has 3 heterocycles. The van der Waals surface area contributed by atoms with Crippen molar-refractivity contribution in [1.29, 1.82) is 0 Å². The molecule has 1 saturated heterocycles. The van der Waals surface area contributed by atoms with Gasteiger partial charge in [0.15, 0.2) is 5.82 Å². The lowest BCUT2D eigenvalue weighted by molar-refractivity contribution is -0.136. The summed E-state index contributed by atoms with van der Waals surface area (Å²) < 4.78 is 21.7. The Morgan fingerprint density at radius 2 is 2.03 bits per heavy atom. The summed E-state index contributed by atoms with van der Waals surface area (Å²) >= 11 is 6.53. The highest BCUT2D eigenvalue weighted by Crippen LogP contribution is 2.31. The van der Waals surface area contributed by atoms with Gasteiger partial charge in [0.1, 0.15) is 23.6 Å². The topological polar surface area (TPSA) is 88.4 Å². The molecular weight excluding hydrogens is 473 g/mol. The van der Waals surface area contributed by atoms with Crippen LogP contribution in [0.4, 0.5) is 21.7 Å². The normalized spacial score (nSPS) is 16.1. The number of nitrogens with zero attached hydrogens (tertiary/aromatic N) is 6. The molecular formula is C24H29ClFN7O2. The molecule has 35 heavy (non-hydrogen) atoms. The smallest absolute Gasteiger partial charge is 0.249 e. The van der Waals surface area contributed by atoms with E-state index in [1.165, 1.54) is 7.11 Å². The predicted molar refractivity (Wildman–Crippen MR) is 134 cm³/mol. The van der Waals surface area contributed by atoms with Crippen LogP contribution < -0.4 is 10.2 Å². The van der Waals surface area contributed by atoms with E-state index in [0.717, 1.165) is 23.4 Å². The summed E-state index contributed by atoms with van der Waals surface area (Å²) in [5, 5.41) is 3.23. The van der Waals surface area contributed by atoms with E-state index in [1.807, 2.05) is 49.6 Å². The molecule has 1 fully saturated rings. The Morgan fingerprint density at radius 3 is 2.74 bits per heavy atom. The van der Waals surface area contributed by atoms with Crippen molar-refractivity contribution in [2.75, 3.05) is 43.6 Å². The van der Waals surface area contributed by atoms with E-state index < -0.39 is 11.3 Å². The highest BCUT2D eigenvalue weighted by molar-refractivity contribution is 6.21. The average molecular weight is 502 g/mol. The molecule has 2 aromatic heterocycles. The van der Waals surface area contributed by atoms with Gasteiger partial charge in [-0.05, 0) is 32.9 Å². The summed E-state index contributed by atoms with van der Waals surface area (Å²) in [6.07, 6.45) is 2.79. The zero-order valence-corrected chi connectivity index (χ0v) is 21.0. The molecule has 1 atom stereocenters. The highest BCUT2D eigenvalue weighted by Gasteiger charge is 2.30. The predicted octanol–water partition coefficient (Wildman–Crippen LogP) is 3.97. The van der Waals surface area contributed by atoms with Gasteiger partial charge < -0.3 is 24.4 Å². The van der Waals surface area contributed by atoms with Gasteiger partial charge in [0, 0.05) is 26.2 Å². The minimum absolute atomic E-state index is 0.000832. The fourth-order valence-corrected chi connectivity index (χ4v) is 4.68. The van der Waals surface area contributed by atoms with E-state index in [2.05, 4.69) is 25.2 Å². The van der Waals surface area contributed by atoms with Crippen molar-refractivity contribution in [2.24, 2.45) is 0 Å². The Labute approximate surface area is 208 Å². The number of amides is 1. The first-order valence-electron chi connectivity index (χ1n) is 11.4. The maximum atomic E-state index is 14.8. The van der Waals surface area contributed by atoms with Crippen molar-refractivity contribution in [1.82, 2.24) is 24.4 Å². The van der Waals surface area contributed by atoms with Crippen LogP contribution in [0.3, 0.4) is 0 Å². The second-order valence-corrected chi connectivity index (χ2v) is 9.09. The van der Waals surface area contributed by atoms with Crippen molar-refractivity contribution in [2.45, 2.75) is 32.3 Å². The molecule has 0 spiro atoms. The molecule has 1 aliphatic rings. The van der Waals surface area contributed by atoms with Gasteiger partial charge >= 0.3 is 0 Å². The van der Waals surface area contributed by atoms with Gasteiger partial charge in [-0.3, -0.25) is 4.79 Å². The minimum atomic E-state index is -0.521. The third-order valence-corrected chi connectivity index (χ3v) is 6.26. The number of nitrogens with one attached hydrogen (secondary N) is 1. The number of ether oxygens (including phenoxy) is 1. The highest BCUT2D eigenvalue weighted by atomic mass is 35.5. The van der Waals surface area contributed by atoms with E-state index in [0.29, 0.717) is 25.3 Å². The quantitative estimate of drug-likeness (QED) is 0.387. The monoisotopic (exact) mass is 501 g/mol. The number of hydrogen-bond donors (Lipinski definition) is 1. The van der Waals surface area contributed by atoms with E-state index in [9.17, 15) is 9.18 Å². The Morgan fingerprint density at radius 1 is 1.26 bits per heavy atom. The molecule has 4 rings (SSSR count). The number of aryl methyl sites for hydroxylation is 1. The molecule has 0 radical (unpaired) electrons. The second-order valence-electron chi connectivity index (χ2n) is 8.59. The summed E-state index contributed by atoms with van der Waals surface area (Å²) in [5.74, 6) is 0.389. The molecule has 11 heteroatoms. The van der Waals surface area contributed by atoms with Crippen LogP contribution in [0.2, 0.25) is 0 Å². The van der Waals surface area contributed by atoms with Crippen LogP contribution in [0.25, 0.3) is 11.4 Å². The number of halogens is 2. The average Bonchev–Trinajstić information content (AvgIpc) is 3.22. The maximum Gasteiger partial charge on any atom is 0.249 e. The number of piperazine rings is 1. The van der Waals surface area contributed by atoms with E-state index in [4.69, 9.17) is 16.3 Å². The third-order valence-electron chi connectivity index (χ3n) is 5.88. The van der Waals surface area contributed by atoms with Crippen molar-refractivity contribution in [3.63, 3.8) is 0 Å². The molecule has 1 unspecified atom stereocenters. The van der Waals surface area contributed by atoms with E-state index in [-0.39, 0.29) is 30.2 Å². The van der Waals surface area contributed by atoms with Gasteiger partial charge in [-0.1, -0.05) is 23.7 Å². The van der Waals surface area contributed by atoms with E-state index >= 15 is 0 Å². The van der Waals surface area contributed by atoms with Crippen LogP contribution in [0.5, 0.6) is 0 Å². The molecule has 9 nitrogen and oxygen atoms in total. The van der Waals surface area contributed by atoms with Gasteiger partial charge in [0.2, 0.25) is 11.9 Å². The number of rotatable bonds is 7. The first-order chi connectivity index (χ1) is 16.8. The number of methoxy groups -OCH3 is 1. The standard InChI is InChI=1S/C24H29ClFN7O2/c1-15(2)33-16(3)27-12-20(33)23-17(26)11-28-24(30-23)29-18-7-5-6-8-19(18)31-9-10-32(21(25)13-31)22(34)14-35-4/h5-8,11-12,15,21H,9-10,13-14H2,1-4H3,(H,28,29,30). The molecule has 1 N–H and O–H groups in total. The van der Waals surface area contributed by atoms with Crippen LogP contribution in [-0.4, -0.2) is 69.2 Å². The van der Waals surface area contributed by atoms with E-state index in [1.54, 1.807) is 11.1 Å². The van der Waals surface area contributed by atoms with Gasteiger partial charge in [0.05, 0.1) is 36.0 Å². The van der Waals surface area contributed by atoms with Gasteiger partial charge in [0.25, 0.3) is 0 Å². The number of carbonyl (C=O) groups is 1. The lowest BCUT2D eigenvalue weighted by atomic mass is 10.2. The van der Waals surface area contributed by atoms with Crippen LogP contribution in [0, 0.1) is 12.7 Å². The fraction of sp³-hybridized carbons (Fsp3) is 0.417. The Balaban J connectivity index is 1.59. The second kappa shape index (κ2) is 10.6. The number of carbonyl (C=O) groups excluding carboxylic acids is 1. The third kappa shape index (κ3) is 5.23. The number of alkyl halides is 1. The molecule has 0 aliphatic carbocycles. The van der Waals surface area contributed by atoms with Crippen LogP contribution in [-0.2, 0) is 9.53 Å². The Bertz CT molecular complexity index is 1200. The number of anilines is 3. The largest absolute Gasteiger partial charge is 0.375 e. The minimum Gasteiger partial charge on any atom is -0.375 e. The lowest BCUT2D eigenvalue weighted by Crippen LogP contribution is -2.54. The zero-order chi connectivity index (χ0) is 25.1. The van der Waals surface area contributed by atoms with Crippen molar-refractivity contribution < 1.29 is 13.9 Å². The number of benzene rings is 1. The Kier molecular flexibility index (Phi) is 7.51. The number of aromatic nitrogens is 4. The SMILES string of the molecule is COCC(=O)N1CCN(c2ccccc2Nc2ncc(F)c(-c3cnc(C)n3C(C)C)n2)CC1Cl. The molecule has 3 aromatic rings. The van der Waals surface area contributed by atoms with Crippen molar-refractivity contribution in [3.8, 4) is 11.4 Å². The summed E-state index contributed by atoms with van der Waals surface area (Å²) in [6.45, 7) is 7.42. The Hall–Kier alpha value is -3.24. The van der Waals surface area contributed by atoms with Gasteiger partial charge in [-0.15, -0.1) is 0 Å². The van der Waals surface area contributed by atoms with Gasteiger partial charge in [-0.25, -0.2) is 19.3 Å². The maximum absolute atomic E-state index is 14.8. The fourth-order valence-electron chi connectivity index (χ4n) is 4.31. The first kappa shape index (κ1) is 24.9. The first-order valence-corrected chi connectivity index (χ1v) is 11.8. The molecule has 1 aliphatic heterocycles. The summed E-state index contributed by atoms with van der Waals surface area (Å²) in [6, 6.07) is 7.77. The summed E-state index contributed by atoms with van der Waals surface area (Å²) in [5.41, 5.74) is 1.91. The number of imidazole rings is 1. The van der Waals surface area contributed by atoms with Crippen LogP contribution in [0.1, 0.15) is 25.7 Å². The molecule has 0 saturated carbocycles. The molecule has 186 valence electrons. The van der Waals surface area contributed by atoms with Crippen molar-refractivity contribution in [3.05, 3.63) is 48.3 Å². The summed E-state index contributed by atoms with van der Waals surface area (Å²) in [4.78, 5) is 28.9. The van der Waals surface area contributed by atoms with Gasteiger partial charge in [-0.2, -0.15) is 0 Å². The van der Waals surface area contributed by atoms with Crippen LogP contribution >= 0.6 is 11.6 Å².